The number of carbonyl (C=O) groups is 2. The zero-order chi connectivity index (χ0) is 8.43. The van der Waals surface area contributed by atoms with Crippen molar-refractivity contribution in [3.8, 4) is 0 Å². The lowest BCUT2D eigenvalue weighted by molar-refractivity contribution is -0.133. The average Bonchev–Trinajstić information content (AvgIpc) is 2.32. The van der Waals surface area contributed by atoms with Crippen molar-refractivity contribution in [3.05, 3.63) is 10.5 Å². The molecule has 1 aliphatic rings. The summed E-state index contributed by atoms with van der Waals surface area (Å²) in [5.41, 5.74) is 5.10. The summed E-state index contributed by atoms with van der Waals surface area (Å²) in [5, 5.41) is 8.55. The van der Waals surface area contributed by atoms with E-state index < -0.39 is 11.9 Å². The number of carbonyl (C=O) groups excluding carboxylic acids is 1. The molecule has 0 saturated carbocycles. The third-order valence-corrected chi connectivity index (χ3v) is 2.50. The lowest BCUT2D eigenvalue weighted by atomic mass is 10.2. The summed E-state index contributed by atoms with van der Waals surface area (Å²) in [4.78, 5) is 21.2. The van der Waals surface area contributed by atoms with Gasteiger partial charge in [-0.15, -0.1) is 11.8 Å². The molecular weight excluding hydrogens is 166 g/mol. The number of hydrogen-bond donors (Lipinski definition) is 2. The number of aliphatic carboxylic acids is 1. The fraction of sp³-hybridized carbons (Fsp3) is 0.333. The molecule has 1 rings (SSSR count). The summed E-state index contributed by atoms with van der Waals surface area (Å²) in [6, 6.07) is 0. The number of hydrogen-bond acceptors (Lipinski definition) is 3. The van der Waals surface area contributed by atoms with Crippen LogP contribution in [-0.4, -0.2) is 22.7 Å². The van der Waals surface area contributed by atoms with Gasteiger partial charge in [-0.2, -0.15) is 0 Å². The molecule has 0 atom stereocenters. The molecule has 3 N–H and O–H groups in total. The van der Waals surface area contributed by atoms with Crippen LogP contribution in [-0.2, 0) is 9.59 Å². The average molecular weight is 173 g/mol. The van der Waals surface area contributed by atoms with Gasteiger partial charge in [-0.05, 0) is 6.42 Å². The second-order valence-corrected chi connectivity index (χ2v) is 3.18. The maximum absolute atomic E-state index is 10.6. The lowest BCUT2D eigenvalue weighted by Gasteiger charge is -1.95. The molecule has 0 radical (unpaired) electrons. The maximum Gasteiger partial charge on any atom is 0.332 e. The first-order valence-corrected chi connectivity index (χ1v) is 4.00. The number of primary amides is 1. The first kappa shape index (κ1) is 8.13. The van der Waals surface area contributed by atoms with E-state index in [-0.39, 0.29) is 10.5 Å². The molecule has 0 aromatic carbocycles. The van der Waals surface area contributed by atoms with Crippen LogP contribution in [0.2, 0.25) is 0 Å². The fourth-order valence-corrected chi connectivity index (χ4v) is 1.90. The monoisotopic (exact) mass is 173 g/mol. The molecule has 5 heteroatoms. The van der Waals surface area contributed by atoms with Crippen LogP contribution in [0.3, 0.4) is 0 Å². The number of carboxylic acids is 1. The van der Waals surface area contributed by atoms with Crippen molar-refractivity contribution in [1.82, 2.24) is 0 Å². The van der Waals surface area contributed by atoms with Crippen LogP contribution in [0.1, 0.15) is 6.42 Å². The molecule has 1 heterocycles. The normalized spacial score (nSPS) is 17.1. The van der Waals surface area contributed by atoms with Crippen molar-refractivity contribution in [3.63, 3.8) is 0 Å². The minimum Gasteiger partial charge on any atom is -0.478 e. The van der Waals surface area contributed by atoms with Crippen LogP contribution in [0.5, 0.6) is 0 Å². The molecule has 0 aliphatic carbocycles. The van der Waals surface area contributed by atoms with Crippen molar-refractivity contribution in [2.45, 2.75) is 6.42 Å². The van der Waals surface area contributed by atoms with Crippen LogP contribution in [0.15, 0.2) is 10.5 Å². The second-order valence-electron chi connectivity index (χ2n) is 2.08. The maximum atomic E-state index is 10.6. The molecule has 11 heavy (non-hydrogen) atoms. The summed E-state index contributed by atoms with van der Waals surface area (Å²) in [6.45, 7) is 0. The quantitative estimate of drug-likeness (QED) is 0.613. The minimum absolute atomic E-state index is 0.155. The van der Waals surface area contributed by atoms with Crippen molar-refractivity contribution in [2.75, 3.05) is 5.75 Å². The highest BCUT2D eigenvalue weighted by atomic mass is 32.2. The molecule has 0 saturated heterocycles. The van der Waals surface area contributed by atoms with Gasteiger partial charge in [0, 0.05) is 5.75 Å². The highest BCUT2D eigenvalue weighted by Crippen LogP contribution is 2.30. The third-order valence-electron chi connectivity index (χ3n) is 1.35. The van der Waals surface area contributed by atoms with Crippen LogP contribution in [0, 0.1) is 0 Å². The van der Waals surface area contributed by atoms with Gasteiger partial charge in [-0.1, -0.05) is 0 Å². The van der Waals surface area contributed by atoms with Gasteiger partial charge in [0.1, 0.15) is 0 Å². The van der Waals surface area contributed by atoms with Crippen LogP contribution in [0.4, 0.5) is 0 Å². The van der Waals surface area contributed by atoms with E-state index in [0.29, 0.717) is 12.2 Å². The molecule has 0 aromatic heterocycles. The van der Waals surface area contributed by atoms with E-state index in [4.69, 9.17) is 10.8 Å². The van der Waals surface area contributed by atoms with E-state index in [1.54, 1.807) is 0 Å². The van der Waals surface area contributed by atoms with Crippen molar-refractivity contribution >= 4 is 23.6 Å². The van der Waals surface area contributed by atoms with E-state index in [1.165, 1.54) is 11.8 Å². The number of amides is 1. The second kappa shape index (κ2) is 2.96. The van der Waals surface area contributed by atoms with Gasteiger partial charge in [-0.3, -0.25) is 4.79 Å². The van der Waals surface area contributed by atoms with Crippen molar-refractivity contribution in [2.24, 2.45) is 5.73 Å². The number of thioether (sulfide) groups is 1. The molecule has 1 amide bonds. The fourth-order valence-electron chi connectivity index (χ4n) is 0.880. The summed E-state index contributed by atoms with van der Waals surface area (Å²) in [7, 11) is 0. The van der Waals surface area contributed by atoms with E-state index in [0.717, 1.165) is 0 Å². The van der Waals surface area contributed by atoms with Gasteiger partial charge in [-0.25, -0.2) is 4.79 Å². The largest absolute Gasteiger partial charge is 0.478 e. The molecule has 0 fully saturated rings. The zero-order valence-corrected chi connectivity index (χ0v) is 6.48. The Labute approximate surface area is 67.4 Å². The summed E-state index contributed by atoms with van der Waals surface area (Å²) in [6.07, 6.45) is 0.429. The van der Waals surface area contributed by atoms with Crippen LogP contribution < -0.4 is 5.73 Å². The highest BCUT2D eigenvalue weighted by Gasteiger charge is 2.24. The Morgan fingerprint density at radius 2 is 2.18 bits per heavy atom. The molecule has 0 bridgehead atoms. The smallest absolute Gasteiger partial charge is 0.332 e. The summed E-state index contributed by atoms with van der Waals surface area (Å²) < 4.78 is 0. The van der Waals surface area contributed by atoms with E-state index in [1.807, 2.05) is 0 Å². The van der Waals surface area contributed by atoms with E-state index in [9.17, 15) is 9.59 Å². The third kappa shape index (κ3) is 1.54. The minimum atomic E-state index is -1.04. The molecule has 0 aromatic rings. The van der Waals surface area contributed by atoms with Gasteiger partial charge in [0.15, 0.2) is 0 Å². The van der Waals surface area contributed by atoms with E-state index in [2.05, 4.69) is 0 Å². The Kier molecular flexibility index (Phi) is 2.19. The van der Waals surface area contributed by atoms with Crippen LogP contribution >= 0.6 is 11.8 Å². The Hall–Kier alpha value is -0.970. The number of carboxylic acid groups (broad SMARTS) is 1. The highest BCUT2D eigenvalue weighted by molar-refractivity contribution is 8.04. The van der Waals surface area contributed by atoms with Crippen LogP contribution in [0.25, 0.3) is 0 Å². The predicted octanol–water partition coefficient (Wildman–Crippen LogP) is -0.0527. The first-order valence-electron chi connectivity index (χ1n) is 3.02. The van der Waals surface area contributed by atoms with Crippen molar-refractivity contribution < 1.29 is 14.7 Å². The van der Waals surface area contributed by atoms with Crippen molar-refractivity contribution in [1.29, 1.82) is 0 Å². The molecule has 0 spiro atoms. The SMILES string of the molecule is NC(=O)C1=C(C(=O)O)CCS1. The number of nitrogens with two attached hydrogens (primary N) is 1. The van der Waals surface area contributed by atoms with Gasteiger partial charge in [0.05, 0.1) is 10.5 Å². The van der Waals surface area contributed by atoms with E-state index >= 15 is 0 Å². The lowest BCUT2D eigenvalue weighted by Crippen LogP contribution is -2.14. The molecular formula is C6H7NO3S. The first-order chi connectivity index (χ1) is 5.13. The Morgan fingerprint density at radius 3 is 2.55 bits per heavy atom. The van der Waals surface area contributed by atoms with Gasteiger partial charge in [0.25, 0.3) is 5.91 Å². The van der Waals surface area contributed by atoms with Gasteiger partial charge < -0.3 is 10.8 Å². The Balaban J connectivity index is 2.95. The predicted molar refractivity (Wildman–Crippen MR) is 40.9 cm³/mol. The number of rotatable bonds is 2. The Morgan fingerprint density at radius 1 is 1.55 bits per heavy atom. The molecule has 60 valence electrons. The standard InChI is InChI=1S/C6H7NO3S/c7-5(8)4-3(6(9)10)1-2-11-4/h1-2H2,(H2,7,8)(H,9,10). The molecule has 0 unspecified atom stereocenters. The summed E-state index contributed by atoms with van der Waals surface area (Å²) in [5.74, 6) is -1.03. The summed E-state index contributed by atoms with van der Waals surface area (Å²) >= 11 is 1.21. The topological polar surface area (TPSA) is 80.4 Å². The molecule has 4 nitrogen and oxygen atoms in total. The zero-order valence-electron chi connectivity index (χ0n) is 5.66. The molecule has 1 aliphatic heterocycles. The van der Waals surface area contributed by atoms with Gasteiger partial charge in [0.2, 0.25) is 0 Å². The Bertz CT molecular complexity index is 222. The van der Waals surface area contributed by atoms with Gasteiger partial charge >= 0.3 is 5.97 Å².